The van der Waals surface area contributed by atoms with E-state index >= 15 is 0 Å². The second kappa shape index (κ2) is 6.24. The number of hydrogen-bond acceptors (Lipinski definition) is 10. The van der Waals surface area contributed by atoms with Crippen molar-refractivity contribution in [2.75, 3.05) is 6.61 Å². The maximum absolute atomic E-state index is 10.6. The fourth-order valence-electron chi connectivity index (χ4n) is 2.60. The monoisotopic (exact) mass is 376 g/mol. The van der Waals surface area contributed by atoms with Crippen molar-refractivity contribution >= 4 is 31.6 Å². The second-order valence-corrected chi connectivity index (χ2v) is 6.81. The van der Waals surface area contributed by atoms with Crippen LogP contribution in [0.1, 0.15) is 6.23 Å². The van der Waals surface area contributed by atoms with Crippen molar-refractivity contribution in [3.05, 3.63) is 12.7 Å². The van der Waals surface area contributed by atoms with Crippen LogP contribution in [0.2, 0.25) is 0 Å². The zero-order chi connectivity index (χ0) is 17.6. The number of rotatable bonds is 4. The van der Waals surface area contributed by atoms with Gasteiger partial charge in [-0.1, -0.05) is 4.98 Å². The van der Waals surface area contributed by atoms with E-state index in [4.69, 9.17) is 17.4 Å². The third-order valence-electron chi connectivity index (χ3n) is 3.67. The van der Waals surface area contributed by atoms with Gasteiger partial charge in [0.05, 0.1) is 21.5 Å². The van der Waals surface area contributed by atoms with Crippen LogP contribution in [0.3, 0.4) is 0 Å². The highest BCUT2D eigenvalue weighted by Gasteiger charge is 2.46. The van der Waals surface area contributed by atoms with Gasteiger partial charge in [-0.2, -0.15) is 0 Å². The molecule has 0 spiro atoms. The number of aryl methyl sites for hydroxylation is 1. The third-order valence-corrected chi connectivity index (χ3v) is 4.44. The van der Waals surface area contributed by atoms with Crippen LogP contribution in [-0.4, -0.2) is 49.7 Å². The van der Waals surface area contributed by atoms with E-state index in [0.29, 0.717) is 16.2 Å². The Hall–Kier alpha value is -1.24. The Labute approximate surface area is 141 Å². The van der Waals surface area contributed by atoms with Crippen LogP contribution in [-0.2, 0) is 33.5 Å². The summed E-state index contributed by atoms with van der Waals surface area (Å²) in [6.07, 6.45) is -2.31. The van der Waals surface area contributed by atoms with Gasteiger partial charge < -0.3 is 46.5 Å². The molecule has 13 heteroatoms. The Morgan fingerprint density at radius 1 is 1.46 bits per heavy atom. The van der Waals surface area contributed by atoms with Crippen LogP contribution in [0.4, 0.5) is 0 Å². The summed E-state index contributed by atoms with van der Waals surface area (Å²) in [6.45, 7) is -0.703. The molecule has 0 aromatic carbocycles. The largest absolute Gasteiger partial charge is 0.790 e. The first-order valence-electron chi connectivity index (χ1n) is 6.75. The number of fused-ring (bicyclic) bond motifs is 1. The molecule has 3 rings (SSSR count). The summed E-state index contributed by atoms with van der Waals surface area (Å²) in [5.74, 6) is 0. The van der Waals surface area contributed by atoms with E-state index in [9.17, 15) is 24.6 Å². The molecule has 3 heterocycles. The summed E-state index contributed by atoms with van der Waals surface area (Å²) in [7, 11) is -3.52. The highest BCUT2D eigenvalue weighted by molar-refractivity contribution is 7.59. The van der Waals surface area contributed by atoms with Crippen LogP contribution < -0.4 is 14.4 Å². The van der Waals surface area contributed by atoms with Gasteiger partial charge in [-0.25, -0.2) is 9.55 Å². The average Bonchev–Trinajstić information content (AvgIpc) is 2.96. The van der Waals surface area contributed by atoms with Crippen molar-refractivity contribution in [3.63, 3.8) is 0 Å². The molecule has 11 nitrogen and oxygen atoms in total. The van der Waals surface area contributed by atoms with Crippen molar-refractivity contribution in [2.45, 2.75) is 29.6 Å². The van der Waals surface area contributed by atoms with Crippen molar-refractivity contribution in [1.82, 2.24) is 14.5 Å². The smallest absolute Gasteiger partial charge is 0.305 e. The van der Waals surface area contributed by atoms with Crippen LogP contribution in [0.5, 0.6) is 0 Å². The van der Waals surface area contributed by atoms with Gasteiger partial charge in [0, 0.05) is 0 Å². The topological polar surface area (TPSA) is 157 Å². The lowest BCUT2D eigenvalue weighted by molar-refractivity contribution is -0.746. The molecule has 1 saturated heterocycles. The van der Waals surface area contributed by atoms with E-state index < -0.39 is 39.0 Å². The number of nitrogens with zero attached hydrogens (tertiary/aromatic N) is 4. The summed E-state index contributed by atoms with van der Waals surface area (Å²) in [5.41, 5.74) is 0.898. The van der Waals surface area contributed by atoms with Crippen molar-refractivity contribution in [2.24, 2.45) is 7.05 Å². The highest BCUT2D eigenvalue weighted by atomic mass is 32.1. The lowest BCUT2D eigenvalue weighted by atomic mass is 10.1. The fraction of sp³-hybridized carbons (Fsp3) is 0.545. The molecule has 1 aliphatic rings. The Balaban J connectivity index is 1.90. The first-order chi connectivity index (χ1) is 11.2. The Morgan fingerprint density at radius 2 is 2.17 bits per heavy atom. The summed E-state index contributed by atoms with van der Waals surface area (Å²) >= 11 is 5.13. The van der Waals surface area contributed by atoms with Gasteiger partial charge in [0.25, 0.3) is 0 Å². The molecule has 1 fully saturated rings. The normalized spacial score (nSPS) is 27.9. The van der Waals surface area contributed by atoms with Crippen LogP contribution in [0.25, 0.3) is 11.2 Å². The van der Waals surface area contributed by atoms with Gasteiger partial charge in [-0.05, 0) is 5.03 Å². The van der Waals surface area contributed by atoms with Crippen LogP contribution in [0.15, 0.2) is 17.7 Å². The zero-order valence-corrected chi connectivity index (χ0v) is 14.0. The summed E-state index contributed by atoms with van der Waals surface area (Å²) < 4.78 is 23.2. The predicted octanol–water partition coefficient (Wildman–Crippen LogP) is -3.37. The average molecular weight is 376 g/mol. The standard InChI is InChI=1S/C11H15N4O7PS/c1-14-4-15(9-6(14)10(24)13-3-12-9)11-8(17)7(16)5(22-11)2-21-23(18,19)20/h3-5,7-8,11,16-17H,2H2,1H3,(H2-,12,13,18,19,20,24)/p-2. The van der Waals surface area contributed by atoms with E-state index in [1.807, 2.05) is 0 Å². The molecule has 0 radical (unpaired) electrons. The molecule has 24 heavy (non-hydrogen) atoms. The van der Waals surface area contributed by atoms with Crippen molar-refractivity contribution < 1.29 is 38.4 Å². The predicted molar refractivity (Wildman–Crippen MR) is 73.8 cm³/mol. The molecule has 0 bridgehead atoms. The molecule has 0 amide bonds. The number of imidazole rings is 1. The van der Waals surface area contributed by atoms with E-state index in [-0.39, 0.29) is 0 Å². The summed E-state index contributed by atoms with van der Waals surface area (Å²) in [4.78, 5) is 29.1. The number of aliphatic hydroxyl groups is 2. The van der Waals surface area contributed by atoms with Gasteiger partial charge in [-0.15, -0.1) is 0 Å². The minimum Gasteiger partial charge on any atom is -0.790 e. The molecule has 0 saturated carbocycles. The summed E-state index contributed by atoms with van der Waals surface area (Å²) in [5, 5.41) is 20.5. The lowest BCUT2D eigenvalue weighted by Gasteiger charge is -2.30. The SMILES string of the molecule is Cn1c[n+](C2OC(COP(=O)([O-])[O-])C(O)C2O)c2ncnc([S-])c21. The van der Waals surface area contributed by atoms with Gasteiger partial charge in [0.15, 0.2) is 18.2 Å². The van der Waals surface area contributed by atoms with E-state index in [2.05, 4.69) is 14.5 Å². The zero-order valence-electron chi connectivity index (χ0n) is 12.3. The number of phosphoric ester groups is 1. The minimum absolute atomic E-state index is 0.299. The van der Waals surface area contributed by atoms with E-state index in [1.165, 1.54) is 10.9 Å². The molecule has 2 aromatic rings. The van der Waals surface area contributed by atoms with Gasteiger partial charge in [0.1, 0.15) is 18.3 Å². The molecule has 2 N–H and O–H groups in total. The maximum atomic E-state index is 10.6. The Kier molecular flexibility index (Phi) is 4.57. The Bertz CT molecular complexity index is 811. The van der Waals surface area contributed by atoms with Crippen LogP contribution >= 0.6 is 7.82 Å². The number of aromatic nitrogens is 4. The van der Waals surface area contributed by atoms with Gasteiger partial charge in [0.2, 0.25) is 6.23 Å². The number of hydrogen-bond donors (Lipinski definition) is 2. The molecule has 4 unspecified atom stereocenters. The first kappa shape index (κ1) is 17.6. The van der Waals surface area contributed by atoms with Crippen molar-refractivity contribution in [1.29, 1.82) is 0 Å². The summed E-state index contributed by atoms with van der Waals surface area (Å²) in [6, 6.07) is 0. The molecule has 1 aliphatic heterocycles. The number of ether oxygens (including phenoxy) is 1. The molecule has 0 aliphatic carbocycles. The number of phosphoric acid groups is 1. The van der Waals surface area contributed by atoms with Gasteiger partial charge in [-0.3, -0.25) is 4.57 Å². The van der Waals surface area contributed by atoms with Gasteiger partial charge >= 0.3 is 5.65 Å². The highest BCUT2D eigenvalue weighted by Crippen LogP contribution is 2.31. The fourth-order valence-corrected chi connectivity index (χ4v) is 3.21. The Morgan fingerprint density at radius 3 is 2.83 bits per heavy atom. The quantitative estimate of drug-likeness (QED) is 0.239. The molecule has 132 valence electrons. The molecular formula is C11H13N4O7PS-2. The number of aliphatic hydroxyl groups excluding tert-OH is 2. The minimum atomic E-state index is -5.22. The second-order valence-electron chi connectivity index (χ2n) is 5.27. The lowest BCUT2D eigenvalue weighted by Crippen LogP contribution is -2.45. The maximum Gasteiger partial charge on any atom is 0.305 e. The third kappa shape index (κ3) is 3.15. The van der Waals surface area contributed by atoms with Crippen molar-refractivity contribution in [3.8, 4) is 0 Å². The molecular weight excluding hydrogens is 363 g/mol. The van der Waals surface area contributed by atoms with E-state index in [0.717, 1.165) is 0 Å². The molecule has 4 atom stereocenters. The van der Waals surface area contributed by atoms with Crippen LogP contribution in [0, 0.1) is 0 Å². The first-order valence-corrected chi connectivity index (χ1v) is 8.62. The molecule has 2 aromatic heterocycles. The van der Waals surface area contributed by atoms with E-state index in [1.54, 1.807) is 17.9 Å².